The van der Waals surface area contributed by atoms with Gasteiger partial charge in [0.25, 0.3) is 0 Å². The Morgan fingerprint density at radius 1 is 0.852 bits per heavy atom. The number of aryl methyl sites for hydroxylation is 1. The van der Waals surface area contributed by atoms with Crippen LogP contribution < -0.4 is 14.9 Å². The van der Waals surface area contributed by atoms with Gasteiger partial charge in [0.15, 0.2) is 19.5 Å². The van der Waals surface area contributed by atoms with E-state index in [1.807, 2.05) is 53.7 Å². The Morgan fingerprint density at radius 3 is 1.96 bits per heavy atom. The summed E-state index contributed by atoms with van der Waals surface area (Å²) < 4.78 is 31.3. The zero-order valence-electron chi connectivity index (χ0n) is 36.4. The quantitative estimate of drug-likeness (QED) is 0.0904. The summed E-state index contributed by atoms with van der Waals surface area (Å²) in [6.45, 7) is 29.8. The van der Waals surface area contributed by atoms with Crippen LogP contribution in [0.2, 0.25) is 18.1 Å². The van der Waals surface area contributed by atoms with E-state index in [1.54, 1.807) is 41.1 Å². The predicted octanol–water partition coefficient (Wildman–Crippen LogP) is 9.46. The third kappa shape index (κ3) is 10.8. The second-order valence-corrected chi connectivity index (χ2v) is 21.7. The summed E-state index contributed by atoms with van der Waals surface area (Å²) in [6.07, 6.45) is 0.723. The molecule has 0 aliphatic heterocycles. The van der Waals surface area contributed by atoms with E-state index in [9.17, 15) is 19.2 Å². The number of benzene rings is 1. The summed E-state index contributed by atoms with van der Waals surface area (Å²) in [5.74, 6) is -2.09. The van der Waals surface area contributed by atoms with Crippen LogP contribution in [0, 0.1) is 49.4 Å². The van der Waals surface area contributed by atoms with Crippen LogP contribution in [0.25, 0.3) is 0 Å². The van der Waals surface area contributed by atoms with Crippen molar-refractivity contribution < 1.29 is 37.4 Å². The van der Waals surface area contributed by atoms with Crippen molar-refractivity contribution in [3.63, 3.8) is 0 Å². The van der Waals surface area contributed by atoms with Crippen molar-refractivity contribution in [1.82, 2.24) is 0 Å². The van der Waals surface area contributed by atoms with Crippen LogP contribution in [-0.2, 0) is 36.6 Å². The highest BCUT2D eigenvalue weighted by Crippen LogP contribution is 2.43. The van der Waals surface area contributed by atoms with Gasteiger partial charge < -0.3 is 23.1 Å². The molecule has 0 radical (unpaired) electrons. The Balaban J connectivity index is 2.72. The number of carbonyl (C=O) groups is 3. The van der Waals surface area contributed by atoms with Crippen LogP contribution in [0.15, 0.2) is 27.4 Å². The second-order valence-electron chi connectivity index (χ2n) is 16.9. The fourth-order valence-corrected chi connectivity index (χ4v) is 8.52. The normalized spacial score (nSPS) is 16.8. The maximum absolute atomic E-state index is 14.4. The number of rotatable bonds is 21. The molecule has 8 atom stereocenters. The number of ketones is 3. The largest absolute Gasteiger partial charge is 0.497 e. The third-order valence-corrected chi connectivity index (χ3v) is 16.8. The molecule has 0 fully saturated rings. The minimum absolute atomic E-state index is 0.0380. The molecule has 9 nitrogen and oxygen atoms in total. The number of ether oxygens (including phenoxy) is 3. The van der Waals surface area contributed by atoms with Gasteiger partial charge >= 0.3 is 0 Å². The lowest BCUT2D eigenvalue weighted by Gasteiger charge is -2.45. The minimum Gasteiger partial charge on any atom is -0.497 e. The van der Waals surface area contributed by atoms with E-state index in [0.717, 1.165) is 5.56 Å². The van der Waals surface area contributed by atoms with Crippen LogP contribution >= 0.6 is 0 Å². The van der Waals surface area contributed by atoms with Crippen molar-refractivity contribution in [2.75, 3.05) is 20.8 Å². The van der Waals surface area contributed by atoms with Gasteiger partial charge in [-0.15, -0.1) is 0 Å². The van der Waals surface area contributed by atoms with Gasteiger partial charge in [-0.2, -0.15) is 0 Å². The van der Waals surface area contributed by atoms with Crippen LogP contribution in [0.1, 0.15) is 117 Å². The third-order valence-electron chi connectivity index (χ3n) is 12.3. The second kappa shape index (κ2) is 19.7. The van der Waals surface area contributed by atoms with Gasteiger partial charge in [0.1, 0.15) is 34.6 Å². The van der Waals surface area contributed by atoms with Crippen LogP contribution in [0.3, 0.4) is 0 Å². The number of carbonyl (C=O) groups excluding carboxylic acids is 3. The smallest absolute Gasteiger partial charge is 0.192 e. The van der Waals surface area contributed by atoms with Crippen molar-refractivity contribution in [3.8, 4) is 11.5 Å². The molecule has 3 unspecified atom stereocenters. The Labute approximate surface area is 326 Å². The summed E-state index contributed by atoms with van der Waals surface area (Å²) in [7, 11) is 0.736. The fraction of sp³-hybridized carbons (Fsp3) is 0.682. The molecule has 0 saturated carbocycles. The Morgan fingerprint density at radius 2 is 1.44 bits per heavy atom. The molecule has 0 bridgehead atoms. The maximum Gasteiger partial charge on any atom is 0.192 e. The first-order valence-electron chi connectivity index (χ1n) is 19.7. The summed E-state index contributed by atoms with van der Waals surface area (Å²) in [5.41, 5.74) is 1.94. The summed E-state index contributed by atoms with van der Waals surface area (Å²) in [6, 6.07) is 5.53. The van der Waals surface area contributed by atoms with Gasteiger partial charge in [-0.1, -0.05) is 62.3 Å². The molecule has 2 aromatic rings. The molecule has 1 heterocycles. The molecule has 304 valence electrons. The lowest BCUT2D eigenvalue weighted by atomic mass is 9.72. The fourth-order valence-electron chi connectivity index (χ4n) is 7.07. The highest BCUT2D eigenvalue weighted by Gasteiger charge is 2.46. The lowest BCUT2D eigenvalue weighted by Crippen LogP contribution is -2.50. The van der Waals surface area contributed by atoms with Crippen LogP contribution in [0.4, 0.5) is 0 Å². The first kappa shape index (κ1) is 47.1. The van der Waals surface area contributed by atoms with Crippen molar-refractivity contribution in [2.24, 2.45) is 35.5 Å². The summed E-state index contributed by atoms with van der Waals surface area (Å²) in [5, 5.41) is -0.139. The van der Waals surface area contributed by atoms with Crippen LogP contribution in [0.5, 0.6) is 11.5 Å². The Hall–Kier alpha value is -3.08. The number of methoxy groups -OCH3 is 2. The summed E-state index contributed by atoms with van der Waals surface area (Å²) in [4.78, 5) is 54.6. The van der Waals surface area contributed by atoms with Gasteiger partial charge in [0, 0.05) is 46.9 Å². The molecular formula is C44H70O9Si. The number of hydrogen-bond donors (Lipinski definition) is 0. The van der Waals surface area contributed by atoms with Crippen molar-refractivity contribution in [2.45, 2.75) is 140 Å². The van der Waals surface area contributed by atoms with E-state index < -0.39 is 38.1 Å². The molecule has 0 aliphatic rings. The first-order valence-corrected chi connectivity index (χ1v) is 22.6. The van der Waals surface area contributed by atoms with Crippen LogP contribution in [-0.4, -0.2) is 52.6 Å². The van der Waals surface area contributed by atoms with E-state index in [4.69, 9.17) is 23.1 Å². The monoisotopic (exact) mass is 770 g/mol. The molecule has 1 aromatic carbocycles. The van der Waals surface area contributed by atoms with E-state index in [1.165, 1.54) is 0 Å². The molecule has 2 rings (SSSR count). The van der Waals surface area contributed by atoms with E-state index in [-0.39, 0.29) is 58.8 Å². The molecule has 54 heavy (non-hydrogen) atoms. The van der Waals surface area contributed by atoms with Gasteiger partial charge in [-0.05, 0) is 76.2 Å². The zero-order valence-corrected chi connectivity index (χ0v) is 37.4. The van der Waals surface area contributed by atoms with Gasteiger partial charge in [-0.25, -0.2) is 0 Å². The number of hydrogen-bond acceptors (Lipinski definition) is 9. The number of Topliss-reactive ketones (excluding diaryl/α,β-unsaturated/α-hetero) is 3. The maximum atomic E-state index is 14.4. The summed E-state index contributed by atoms with van der Waals surface area (Å²) >= 11 is 0. The Bertz CT molecular complexity index is 1650. The molecule has 0 spiro atoms. The van der Waals surface area contributed by atoms with Gasteiger partial charge in [-0.3, -0.25) is 19.2 Å². The van der Waals surface area contributed by atoms with E-state index in [2.05, 4.69) is 40.8 Å². The zero-order chi connectivity index (χ0) is 41.5. The topological polar surface area (TPSA) is 118 Å². The first-order chi connectivity index (χ1) is 25.0. The molecule has 0 aliphatic carbocycles. The van der Waals surface area contributed by atoms with E-state index >= 15 is 0 Å². The highest BCUT2D eigenvalue weighted by atomic mass is 28.4. The minimum atomic E-state index is -2.45. The lowest BCUT2D eigenvalue weighted by molar-refractivity contribution is -0.141. The van der Waals surface area contributed by atoms with Crippen molar-refractivity contribution >= 4 is 25.7 Å². The molecule has 1 aromatic heterocycles. The standard InChI is InChI=1S/C44H70O9Si/c1-18-25(3)38(45)29(7)41(48)30(8)39(46)26(4)35(24-51-23-33-20-21-34(49-14)22-37(33)50-15)27(5)43(53-54(16,17)44(11,12)13)32(10)42-31(9)40(47)28(6)36(19-2)52-42/h20-22,25-27,29-30,32,35,43H,18-19,23-24H2,1-17H3/t25-,26+,27+,29?,30?,32?,35-,43-/m0/s1. The molecule has 10 heteroatoms. The van der Waals surface area contributed by atoms with Gasteiger partial charge in [0.05, 0.1) is 45.4 Å². The molecular weight excluding hydrogens is 701 g/mol. The van der Waals surface area contributed by atoms with Crippen molar-refractivity contribution in [3.05, 3.63) is 56.6 Å². The SMILES string of the molecule is CCc1oc(C(C)[C@@H](O[Si](C)(C)C(C)(C)C)[C@H](C)[C@@H](COCc2ccc(OC)cc2OC)[C@@H](C)C(=O)C(C)C(=O)C(C)C(=O)[C@@H](C)CC)c(C)c(=O)c1C. The molecule has 0 N–H and O–H groups in total. The average Bonchev–Trinajstić information content (AvgIpc) is 3.14. The average molecular weight is 771 g/mol. The Kier molecular flexibility index (Phi) is 17.1. The van der Waals surface area contributed by atoms with Gasteiger partial charge in [0.2, 0.25) is 0 Å². The van der Waals surface area contributed by atoms with Crippen molar-refractivity contribution in [1.29, 1.82) is 0 Å². The highest BCUT2D eigenvalue weighted by molar-refractivity contribution is 6.74. The predicted molar refractivity (Wildman–Crippen MR) is 218 cm³/mol. The molecule has 0 saturated heterocycles. The van der Waals surface area contributed by atoms with E-state index in [0.29, 0.717) is 47.0 Å². The molecule has 0 amide bonds.